The summed E-state index contributed by atoms with van der Waals surface area (Å²) in [6.07, 6.45) is 9.48. The zero-order valence-electron chi connectivity index (χ0n) is 13.2. The molecular formula is C16H26N4O2. The number of likely N-dealkylation sites (N-methyl/N-ethyl adjacent to an activating group) is 1. The van der Waals surface area contributed by atoms with Gasteiger partial charge in [0, 0.05) is 19.7 Å². The lowest BCUT2D eigenvalue weighted by molar-refractivity contribution is 0.117. The number of hydrogen-bond acceptors (Lipinski definition) is 3. The number of aliphatic hydroxyl groups is 1. The van der Waals surface area contributed by atoms with Crippen LogP contribution >= 0.6 is 0 Å². The summed E-state index contributed by atoms with van der Waals surface area (Å²) in [7, 11) is 1.72. The van der Waals surface area contributed by atoms with Crippen LogP contribution in [0, 0.1) is 5.92 Å². The Hall–Kier alpha value is -1.56. The number of anilines is 1. The van der Waals surface area contributed by atoms with Gasteiger partial charge in [-0.3, -0.25) is 5.32 Å². The Labute approximate surface area is 131 Å². The van der Waals surface area contributed by atoms with Crippen molar-refractivity contribution in [2.24, 2.45) is 5.92 Å². The van der Waals surface area contributed by atoms with Gasteiger partial charge in [0.1, 0.15) is 5.82 Å². The molecule has 2 saturated carbocycles. The van der Waals surface area contributed by atoms with E-state index in [1.165, 1.54) is 19.3 Å². The van der Waals surface area contributed by atoms with Crippen molar-refractivity contribution in [3.63, 3.8) is 0 Å². The first-order chi connectivity index (χ1) is 10.6. The number of amides is 2. The van der Waals surface area contributed by atoms with E-state index >= 15 is 0 Å². The highest BCUT2D eigenvalue weighted by Gasteiger charge is 2.31. The Kier molecular flexibility index (Phi) is 4.66. The lowest BCUT2D eigenvalue weighted by Crippen LogP contribution is -2.38. The van der Waals surface area contributed by atoms with Crippen molar-refractivity contribution in [1.29, 1.82) is 0 Å². The highest BCUT2D eigenvalue weighted by atomic mass is 16.3. The molecule has 1 aromatic heterocycles. The van der Waals surface area contributed by atoms with Crippen LogP contribution in [0.2, 0.25) is 0 Å². The topological polar surface area (TPSA) is 70.4 Å². The summed E-state index contributed by atoms with van der Waals surface area (Å²) in [5.74, 6) is 1.13. The number of urea groups is 1. The van der Waals surface area contributed by atoms with Crippen molar-refractivity contribution in [3.8, 4) is 0 Å². The van der Waals surface area contributed by atoms with Crippen LogP contribution in [-0.4, -0.2) is 45.5 Å². The van der Waals surface area contributed by atoms with Gasteiger partial charge in [0.2, 0.25) is 0 Å². The van der Waals surface area contributed by atoms with Gasteiger partial charge in [-0.1, -0.05) is 19.3 Å². The molecule has 2 aliphatic carbocycles. The predicted molar refractivity (Wildman–Crippen MR) is 84.7 cm³/mol. The zero-order valence-corrected chi connectivity index (χ0v) is 13.2. The Morgan fingerprint density at radius 1 is 1.41 bits per heavy atom. The number of aromatic nitrogens is 2. The average Bonchev–Trinajstić information content (AvgIpc) is 3.28. The molecule has 2 amide bonds. The number of aliphatic hydroxyl groups excluding tert-OH is 1. The number of carbonyl (C=O) groups is 1. The van der Waals surface area contributed by atoms with E-state index in [-0.39, 0.29) is 6.03 Å². The lowest BCUT2D eigenvalue weighted by Gasteiger charge is -2.25. The van der Waals surface area contributed by atoms with Crippen LogP contribution in [0.3, 0.4) is 0 Å². The van der Waals surface area contributed by atoms with Crippen molar-refractivity contribution in [1.82, 2.24) is 14.7 Å². The van der Waals surface area contributed by atoms with Gasteiger partial charge >= 0.3 is 6.03 Å². The standard InChI is InChI=1S/C16H26N4O2/c1-19(11-14(21)12-7-8-12)16(22)18-15-9-10-17-20(15)13-5-3-2-4-6-13/h9-10,12-14,21H,2-8,11H2,1H3,(H,18,22). The summed E-state index contributed by atoms with van der Waals surface area (Å²) in [4.78, 5) is 13.8. The van der Waals surface area contributed by atoms with Gasteiger partial charge in [0.25, 0.3) is 0 Å². The molecule has 2 N–H and O–H groups in total. The van der Waals surface area contributed by atoms with Crippen LogP contribution in [-0.2, 0) is 0 Å². The lowest BCUT2D eigenvalue weighted by atomic mass is 9.96. The minimum absolute atomic E-state index is 0.183. The quantitative estimate of drug-likeness (QED) is 0.878. The average molecular weight is 306 g/mol. The van der Waals surface area contributed by atoms with Crippen molar-refractivity contribution >= 4 is 11.8 Å². The largest absolute Gasteiger partial charge is 0.391 e. The summed E-state index contributed by atoms with van der Waals surface area (Å²) < 4.78 is 1.95. The molecule has 3 rings (SSSR count). The smallest absolute Gasteiger partial charge is 0.322 e. The Balaban J connectivity index is 1.57. The summed E-state index contributed by atoms with van der Waals surface area (Å²) in [6, 6.07) is 2.05. The van der Waals surface area contributed by atoms with Crippen LogP contribution in [0.25, 0.3) is 0 Å². The summed E-state index contributed by atoms with van der Waals surface area (Å²) in [5, 5.41) is 17.3. The molecule has 0 saturated heterocycles. The van der Waals surface area contributed by atoms with E-state index in [2.05, 4.69) is 10.4 Å². The molecule has 22 heavy (non-hydrogen) atoms. The van der Waals surface area contributed by atoms with E-state index in [0.717, 1.165) is 31.5 Å². The van der Waals surface area contributed by atoms with E-state index in [1.807, 2.05) is 10.7 Å². The summed E-state index contributed by atoms with van der Waals surface area (Å²) in [5.41, 5.74) is 0. The van der Waals surface area contributed by atoms with Gasteiger partial charge in [0.15, 0.2) is 0 Å². The fraction of sp³-hybridized carbons (Fsp3) is 0.750. The molecule has 1 unspecified atom stereocenters. The number of nitrogens with one attached hydrogen (secondary N) is 1. The van der Waals surface area contributed by atoms with E-state index < -0.39 is 6.10 Å². The van der Waals surface area contributed by atoms with E-state index in [0.29, 0.717) is 18.5 Å². The number of hydrogen-bond donors (Lipinski definition) is 2. The minimum atomic E-state index is -0.404. The molecule has 6 heteroatoms. The van der Waals surface area contributed by atoms with Crippen LogP contribution in [0.5, 0.6) is 0 Å². The highest BCUT2D eigenvalue weighted by molar-refractivity contribution is 5.88. The first kappa shape index (κ1) is 15.3. The van der Waals surface area contributed by atoms with Crippen molar-refractivity contribution in [2.45, 2.75) is 57.1 Å². The molecule has 2 aliphatic rings. The Morgan fingerprint density at radius 2 is 2.14 bits per heavy atom. The van der Waals surface area contributed by atoms with Crippen LogP contribution in [0.15, 0.2) is 12.3 Å². The molecule has 1 atom stereocenters. The molecular weight excluding hydrogens is 280 g/mol. The van der Waals surface area contributed by atoms with Crippen molar-refractivity contribution in [3.05, 3.63) is 12.3 Å². The van der Waals surface area contributed by atoms with E-state index in [4.69, 9.17) is 0 Å². The molecule has 1 aromatic rings. The molecule has 0 aromatic carbocycles. The predicted octanol–water partition coefficient (Wildman–Crippen LogP) is 2.62. The summed E-state index contributed by atoms with van der Waals surface area (Å²) in [6.45, 7) is 0.383. The monoisotopic (exact) mass is 306 g/mol. The van der Waals surface area contributed by atoms with Crippen LogP contribution in [0.1, 0.15) is 51.0 Å². The summed E-state index contributed by atoms with van der Waals surface area (Å²) >= 11 is 0. The van der Waals surface area contributed by atoms with Crippen molar-refractivity contribution in [2.75, 3.05) is 18.9 Å². The van der Waals surface area contributed by atoms with Crippen LogP contribution in [0.4, 0.5) is 10.6 Å². The fourth-order valence-electron chi connectivity index (χ4n) is 3.23. The van der Waals surface area contributed by atoms with E-state index in [1.54, 1.807) is 18.1 Å². The second kappa shape index (κ2) is 6.69. The van der Waals surface area contributed by atoms with Gasteiger partial charge in [-0.05, 0) is 31.6 Å². The first-order valence-corrected chi connectivity index (χ1v) is 8.39. The maximum absolute atomic E-state index is 12.3. The zero-order chi connectivity index (χ0) is 15.5. The van der Waals surface area contributed by atoms with Gasteiger partial charge in [-0.25, -0.2) is 9.48 Å². The molecule has 122 valence electrons. The third-order valence-corrected chi connectivity index (χ3v) is 4.80. The number of rotatable bonds is 5. The number of nitrogens with zero attached hydrogens (tertiary/aromatic N) is 3. The normalized spacial score (nSPS) is 20.6. The van der Waals surface area contributed by atoms with Gasteiger partial charge < -0.3 is 10.0 Å². The molecule has 6 nitrogen and oxygen atoms in total. The van der Waals surface area contributed by atoms with Crippen molar-refractivity contribution < 1.29 is 9.90 Å². The second-order valence-electron chi connectivity index (χ2n) is 6.67. The maximum atomic E-state index is 12.3. The highest BCUT2D eigenvalue weighted by Crippen LogP contribution is 2.33. The third kappa shape index (κ3) is 3.61. The molecule has 1 heterocycles. The molecule has 0 aliphatic heterocycles. The SMILES string of the molecule is CN(CC(O)C1CC1)C(=O)Nc1ccnn1C1CCCCC1. The van der Waals surface area contributed by atoms with Gasteiger partial charge in [0.05, 0.1) is 18.3 Å². The van der Waals surface area contributed by atoms with Gasteiger partial charge in [-0.15, -0.1) is 0 Å². The van der Waals surface area contributed by atoms with E-state index in [9.17, 15) is 9.90 Å². The van der Waals surface area contributed by atoms with Gasteiger partial charge in [-0.2, -0.15) is 5.10 Å². The molecule has 0 bridgehead atoms. The fourth-order valence-corrected chi connectivity index (χ4v) is 3.23. The Bertz CT molecular complexity index is 506. The molecule has 0 radical (unpaired) electrons. The number of carbonyl (C=O) groups excluding carboxylic acids is 1. The van der Waals surface area contributed by atoms with Crippen LogP contribution < -0.4 is 5.32 Å². The second-order valence-corrected chi connectivity index (χ2v) is 6.67. The molecule has 0 spiro atoms. The molecule has 2 fully saturated rings. The first-order valence-electron chi connectivity index (χ1n) is 8.39. The minimum Gasteiger partial charge on any atom is -0.391 e. The Morgan fingerprint density at radius 3 is 2.82 bits per heavy atom. The third-order valence-electron chi connectivity index (χ3n) is 4.80. The maximum Gasteiger partial charge on any atom is 0.322 e.